The number of hydrogen-bond acceptors (Lipinski definition) is 10. The molecule has 0 spiro atoms. The fourth-order valence-corrected chi connectivity index (χ4v) is 11.5. The SMILES string of the molecule is C=C1CCC(N2C(=O)c3ccc(N4CCC(N5CCN(c6ccc(-c7cnc8[nH]cc(C(=O)c9c(F)ccc(N(C)S(=O)(=O)N%10CC[C@@H](F)C%10)c9F)c8c7)cc6)CC5)CC4)cc3C2=O)C(=O)N1. The highest BCUT2D eigenvalue weighted by atomic mass is 32.2. The molecular formula is C48H48F3N9O6S. The molecule has 15 nitrogen and oxygen atoms in total. The lowest BCUT2D eigenvalue weighted by molar-refractivity contribution is -0.125. The topological polar surface area (TPSA) is 163 Å². The summed E-state index contributed by atoms with van der Waals surface area (Å²) >= 11 is 0. The molecule has 348 valence electrons. The molecule has 0 aliphatic carbocycles. The number of nitrogens with zero attached hydrogens (tertiary/aromatic N) is 7. The van der Waals surface area contributed by atoms with E-state index in [4.69, 9.17) is 0 Å². The van der Waals surface area contributed by atoms with Gasteiger partial charge in [-0.25, -0.2) is 18.2 Å². The monoisotopic (exact) mass is 935 g/mol. The molecule has 5 aromatic rings. The van der Waals surface area contributed by atoms with Crippen molar-refractivity contribution in [2.24, 2.45) is 0 Å². The van der Waals surface area contributed by atoms with Crippen LogP contribution in [0, 0.1) is 11.6 Å². The number of halogens is 3. The Balaban J connectivity index is 0.760. The molecular weight excluding hydrogens is 888 g/mol. The third-order valence-corrected chi connectivity index (χ3v) is 15.8. The van der Waals surface area contributed by atoms with Crippen molar-refractivity contribution in [3.05, 3.63) is 119 Å². The van der Waals surface area contributed by atoms with Gasteiger partial charge < -0.3 is 20.1 Å². The third kappa shape index (κ3) is 7.91. The van der Waals surface area contributed by atoms with E-state index in [-0.39, 0.29) is 31.0 Å². The maximum Gasteiger partial charge on any atom is 0.304 e. The summed E-state index contributed by atoms with van der Waals surface area (Å²) in [6.45, 7) is 8.37. The van der Waals surface area contributed by atoms with Gasteiger partial charge in [-0.2, -0.15) is 12.7 Å². The first-order valence-corrected chi connectivity index (χ1v) is 23.8. The molecule has 5 aliphatic heterocycles. The number of allylic oxidation sites excluding steroid dienone is 1. The molecule has 5 aliphatic rings. The summed E-state index contributed by atoms with van der Waals surface area (Å²) in [5.74, 6) is -4.78. The molecule has 1 unspecified atom stereocenters. The highest BCUT2D eigenvalue weighted by Gasteiger charge is 2.44. The number of rotatable bonds is 10. The van der Waals surface area contributed by atoms with Crippen molar-refractivity contribution < 1.29 is 40.8 Å². The fraction of sp³-hybridized carbons (Fsp3) is 0.354. The van der Waals surface area contributed by atoms with E-state index in [1.165, 1.54) is 6.20 Å². The van der Waals surface area contributed by atoms with E-state index < -0.39 is 62.9 Å². The first-order chi connectivity index (χ1) is 32.2. The van der Waals surface area contributed by atoms with Crippen LogP contribution < -0.4 is 19.4 Å². The van der Waals surface area contributed by atoms with Crippen LogP contribution in [-0.4, -0.2) is 134 Å². The number of piperazine rings is 1. The number of aromatic amines is 1. The van der Waals surface area contributed by atoms with Crippen molar-refractivity contribution in [2.45, 2.75) is 50.4 Å². The molecule has 67 heavy (non-hydrogen) atoms. The Morgan fingerprint density at radius 3 is 2.22 bits per heavy atom. The average Bonchev–Trinajstić information content (AvgIpc) is 4.04. The summed E-state index contributed by atoms with van der Waals surface area (Å²) in [7, 11) is -3.28. The molecule has 2 atom stereocenters. The molecule has 4 saturated heterocycles. The summed E-state index contributed by atoms with van der Waals surface area (Å²) in [6.07, 6.45) is 4.38. The number of nitrogens with one attached hydrogen (secondary N) is 2. The van der Waals surface area contributed by atoms with Crippen LogP contribution in [0.5, 0.6) is 0 Å². The Morgan fingerprint density at radius 2 is 1.52 bits per heavy atom. The zero-order valence-electron chi connectivity index (χ0n) is 36.7. The molecule has 0 radical (unpaired) electrons. The number of pyridine rings is 1. The van der Waals surface area contributed by atoms with Crippen LogP contribution in [0.3, 0.4) is 0 Å². The lowest BCUT2D eigenvalue weighted by atomic mass is 9.99. The Kier molecular flexibility index (Phi) is 11.4. The maximum atomic E-state index is 16.0. The largest absolute Gasteiger partial charge is 0.371 e. The normalized spacial score (nSPS) is 21.1. The number of carbonyl (C=O) groups is 4. The second-order valence-corrected chi connectivity index (χ2v) is 19.7. The average molecular weight is 936 g/mol. The van der Waals surface area contributed by atoms with E-state index in [0.29, 0.717) is 56.6 Å². The van der Waals surface area contributed by atoms with Crippen LogP contribution in [0.1, 0.15) is 68.7 Å². The van der Waals surface area contributed by atoms with Crippen LogP contribution in [0.4, 0.5) is 30.2 Å². The van der Waals surface area contributed by atoms with E-state index in [1.54, 1.807) is 24.4 Å². The number of anilines is 3. The first kappa shape index (κ1) is 44.3. The molecule has 4 fully saturated rings. The van der Waals surface area contributed by atoms with Crippen molar-refractivity contribution in [3.63, 3.8) is 0 Å². The number of piperidine rings is 2. The Bertz CT molecular complexity index is 2970. The number of ketones is 1. The van der Waals surface area contributed by atoms with Gasteiger partial charge in [0.2, 0.25) is 11.7 Å². The zero-order valence-corrected chi connectivity index (χ0v) is 37.5. The molecule has 19 heteroatoms. The quantitative estimate of drug-likeness (QED) is 0.132. The van der Waals surface area contributed by atoms with Crippen LogP contribution in [0.25, 0.3) is 22.2 Å². The number of hydrogen-bond donors (Lipinski definition) is 2. The van der Waals surface area contributed by atoms with E-state index in [1.807, 2.05) is 30.3 Å². The van der Waals surface area contributed by atoms with E-state index in [9.17, 15) is 32.0 Å². The Labute approximate surface area is 385 Å². The summed E-state index contributed by atoms with van der Waals surface area (Å²) in [5.41, 5.74) is 3.47. The van der Waals surface area contributed by atoms with Gasteiger partial charge in [0.15, 0.2) is 5.82 Å². The van der Waals surface area contributed by atoms with Crippen LogP contribution in [0.15, 0.2) is 85.3 Å². The molecule has 0 saturated carbocycles. The molecule has 3 amide bonds. The van der Waals surface area contributed by atoms with Gasteiger partial charge in [0.25, 0.3) is 11.8 Å². The first-order valence-electron chi connectivity index (χ1n) is 22.4. The van der Waals surface area contributed by atoms with Crippen LogP contribution >= 0.6 is 0 Å². The highest BCUT2D eigenvalue weighted by molar-refractivity contribution is 7.90. The Morgan fingerprint density at radius 1 is 0.821 bits per heavy atom. The minimum absolute atomic E-state index is 0.00529. The van der Waals surface area contributed by atoms with Crippen molar-refractivity contribution in [2.75, 3.05) is 73.5 Å². The minimum atomic E-state index is -4.36. The highest BCUT2D eigenvalue weighted by Crippen LogP contribution is 2.35. The van der Waals surface area contributed by atoms with Gasteiger partial charge in [-0.15, -0.1) is 0 Å². The van der Waals surface area contributed by atoms with E-state index in [0.717, 1.165) is 97.4 Å². The number of imide groups is 1. The van der Waals surface area contributed by atoms with Crippen molar-refractivity contribution in [3.8, 4) is 11.1 Å². The number of aromatic nitrogens is 2. The molecule has 7 heterocycles. The number of benzene rings is 3. The van der Waals surface area contributed by atoms with Gasteiger partial charge in [0, 0.05) is 111 Å². The van der Waals surface area contributed by atoms with Gasteiger partial charge in [-0.3, -0.25) is 33.3 Å². The van der Waals surface area contributed by atoms with Gasteiger partial charge >= 0.3 is 10.2 Å². The molecule has 2 N–H and O–H groups in total. The lowest BCUT2D eigenvalue weighted by Gasteiger charge is -2.44. The van der Waals surface area contributed by atoms with Gasteiger partial charge in [-0.1, -0.05) is 18.7 Å². The van der Waals surface area contributed by atoms with Gasteiger partial charge in [-0.05, 0) is 86.2 Å². The van der Waals surface area contributed by atoms with Crippen LogP contribution in [0.2, 0.25) is 0 Å². The zero-order chi connectivity index (χ0) is 46.9. The molecule has 3 aromatic carbocycles. The van der Waals surface area contributed by atoms with Gasteiger partial charge in [0.1, 0.15) is 23.7 Å². The van der Waals surface area contributed by atoms with Crippen molar-refractivity contribution in [1.82, 2.24) is 29.4 Å². The predicted molar refractivity (Wildman–Crippen MR) is 246 cm³/mol. The van der Waals surface area contributed by atoms with E-state index >= 15 is 8.78 Å². The number of H-pyrrole nitrogens is 1. The Hall–Kier alpha value is -6.57. The van der Waals surface area contributed by atoms with Crippen molar-refractivity contribution >= 4 is 61.8 Å². The fourth-order valence-electron chi connectivity index (χ4n) is 10.1. The number of amides is 3. The van der Waals surface area contributed by atoms with E-state index in [2.05, 4.69) is 36.6 Å². The second-order valence-electron chi connectivity index (χ2n) is 17.8. The lowest BCUT2D eigenvalue weighted by Crippen LogP contribution is -2.53. The standard InChI is InChI=1S/C48H48F3N9O6S/c1-28-3-11-41(46(62)54-28)60-47(63)35-9-8-34(24-37(35)48(60)64)56-16-14-33(15-17-56)58-21-19-57(20-22-58)32-6-4-29(5-7-32)30-23-36-38(26-53-45(36)52-25-30)44(61)42-39(50)10-12-40(43(42)51)55(2)67(65,66)59-18-13-31(49)27-59/h4-10,12,23-26,31,33,41H,1,3,11,13-22,27H2,2H3,(H,52,53)(H,54,62)/t31-,41?/m1/s1. The van der Waals surface area contributed by atoms with Gasteiger partial charge in [0.05, 0.1) is 22.4 Å². The van der Waals surface area contributed by atoms with Crippen molar-refractivity contribution in [1.29, 1.82) is 0 Å². The summed E-state index contributed by atoms with van der Waals surface area (Å²) < 4.78 is 73.0. The summed E-state index contributed by atoms with van der Waals surface area (Å²) in [4.78, 5) is 68.8. The predicted octanol–water partition coefficient (Wildman–Crippen LogP) is 5.64. The molecule has 10 rings (SSSR count). The smallest absolute Gasteiger partial charge is 0.304 e. The molecule has 2 aromatic heterocycles. The number of carbonyl (C=O) groups excluding carboxylic acids is 4. The number of alkyl halides is 1. The number of fused-ring (bicyclic) bond motifs is 2. The summed E-state index contributed by atoms with van der Waals surface area (Å²) in [6, 6.07) is 16.4. The molecule has 0 bridgehead atoms. The second kappa shape index (κ2) is 17.3. The summed E-state index contributed by atoms with van der Waals surface area (Å²) in [5, 5.41) is 3.00. The minimum Gasteiger partial charge on any atom is -0.371 e. The van der Waals surface area contributed by atoms with Crippen LogP contribution in [-0.2, 0) is 15.0 Å². The maximum absolute atomic E-state index is 16.0. The third-order valence-electron chi connectivity index (χ3n) is 13.9.